The number of hydrogen-bond donors (Lipinski definition) is 2. The van der Waals surface area contributed by atoms with Crippen molar-refractivity contribution in [2.75, 3.05) is 24.4 Å². The number of rotatable bonds is 7. The van der Waals surface area contributed by atoms with Crippen LogP contribution in [-0.2, 0) is 9.53 Å². The Labute approximate surface area is 172 Å². The maximum Gasteiger partial charge on any atom is 0.357 e. The van der Waals surface area contributed by atoms with E-state index in [9.17, 15) is 14.4 Å². The van der Waals surface area contributed by atoms with E-state index in [-0.39, 0.29) is 11.6 Å². The molecular weight excluding hydrogens is 386 g/mol. The average molecular weight is 405 g/mol. The first kappa shape index (κ1) is 20.5. The molecule has 0 bridgehead atoms. The molecule has 0 atom stereocenters. The zero-order valence-corrected chi connectivity index (χ0v) is 16.1. The third-order valence-electron chi connectivity index (χ3n) is 3.99. The standard InChI is InChI=1S/C22H19N3O5/c1-29-18-11-9-17(10-12-18)25-21(27)15-5-7-16(8-6-15)24-20(26)14-30-22(28)19-4-2-3-13-23-19/h2-13H,14H2,1H3,(H,24,26)(H,25,27). The van der Waals surface area contributed by atoms with Gasteiger partial charge in [-0.2, -0.15) is 0 Å². The van der Waals surface area contributed by atoms with Gasteiger partial charge in [-0.3, -0.25) is 9.59 Å². The van der Waals surface area contributed by atoms with Crippen LogP contribution in [0.2, 0.25) is 0 Å². The van der Waals surface area contributed by atoms with Crippen LogP contribution >= 0.6 is 0 Å². The van der Waals surface area contributed by atoms with E-state index >= 15 is 0 Å². The molecule has 3 aromatic rings. The fraction of sp³-hybridized carbons (Fsp3) is 0.0909. The molecule has 0 saturated carbocycles. The summed E-state index contributed by atoms with van der Waals surface area (Å²) in [5, 5.41) is 5.37. The lowest BCUT2D eigenvalue weighted by atomic mass is 10.2. The quantitative estimate of drug-likeness (QED) is 0.585. The molecule has 2 aromatic carbocycles. The van der Waals surface area contributed by atoms with Gasteiger partial charge in [0.15, 0.2) is 6.61 Å². The van der Waals surface area contributed by atoms with Crippen LogP contribution in [-0.4, -0.2) is 36.5 Å². The van der Waals surface area contributed by atoms with Crippen LogP contribution in [0.1, 0.15) is 20.8 Å². The molecule has 0 unspecified atom stereocenters. The zero-order chi connectivity index (χ0) is 21.3. The number of benzene rings is 2. The summed E-state index contributed by atoms with van der Waals surface area (Å²) in [6.07, 6.45) is 1.46. The number of ether oxygens (including phenoxy) is 2. The fourth-order valence-electron chi connectivity index (χ4n) is 2.47. The van der Waals surface area contributed by atoms with Gasteiger partial charge in [-0.05, 0) is 60.7 Å². The number of carbonyl (C=O) groups excluding carboxylic acids is 3. The largest absolute Gasteiger partial charge is 0.497 e. The summed E-state index contributed by atoms with van der Waals surface area (Å²) in [6.45, 7) is -0.449. The minimum absolute atomic E-state index is 0.123. The van der Waals surface area contributed by atoms with Crippen molar-refractivity contribution >= 4 is 29.2 Å². The van der Waals surface area contributed by atoms with Gasteiger partial charge in [0.2, 0.25) is 0 Å². The van der Waals surface area contributed by atoms with Crippen molar-refractivity contribution in [2.45, 2.75) is 0 Å². The topological polar surface area (TPSA) is 107 Å². The SMILES string of the molecule is COc1ccc(NC(=O)c2ccc(NC(=O)COC(=O)c3ccccn3)cc2)cc1. The first-order valence-electron chi connectivity index (χ1n) is 8.98. The van der Waals surface area contributed by atoms with Crippen LogP contribution in [0.25, 0.3) is 0 Å². The molecule has 3 rings (SSSR count). The minimum Gasteiger partial charge on any atom is -0.497 e. The lowest BCUT2D eigenvalue weighted by molar-refractivity contribution is -0.119. The zero-order valence-electron chi connectivity index (χ0n) is 16.1. The van der Waals surface area contributed by atoms with Gasteiger partial charge >= 0.3 is 5.97 Å². The number of hydrogen-bond acceptors (Lipinski definition) is 6. The summed E-state index contributed by atoms with van der Waals surface area (Å²) in [5.74, 6) is -0.785. The van der Waals surface area contributed by atoms with Crippen molar-refractivity contribution in [3.05, 3.63) is 84.2 Å². The molecular formula is C22H19N3O5. The maximum absolute atomic E-state index is 12.3. The monoisotopic (exact) mass is 405 g/mol. The molecule has 0 aliphatic rings. The van der Waals surface area contributed by atoms with Crippen molar-refractivity contribution in [1.29, 1.82) is 0 Å². The van der Waals surface area contributed by atoms with Crippen LogP contribution in [0.3, 0.4) is 0 Å². The van der Waals surface area contributed by atoms with E-state index in [4.69, 9.17) is 9.47 Å². The number of esters is 1. The number of carbonyl (C=O) groups is 3. The van der Waals surface area contributed by atoms with Crippen molar-refractivity contribution in [3.8, 4) is 5.75 Å². The highest BCUT2D eigenvalue weighted by atomic mass is 16.5. The van der Waals surface area contributed by atoms with E-state index in [2.05, 4.69) is 15.6 Å². The number of pyridine rings is 1. The first-order chi connectivity index (χ1) is 14.5. The van der Waals surface area contributed by atoms with Crippen molar-refractivity contribution < 1.29 is 23.9 Å². The van der Waals surface area contributed by atoms with Crippen LogP contribution < -0.4 is 15.4 Å². The Morgan fingerprint density at radius 2 is 1.53 bits per heavy atom. The van der Waals surface area contributed by atoms with Gasteiger partial charge in [0, 0.05) is 23.1 Å². The van der Waals surface area contributed by atoms with E-state index < -0.39 is 18.5 Å². The molecule has 0 saturated heterocycles. The van der Waals surface area contributed by atoms with Gasteiger partial charge in [0.25, 0.3) is 11.8 Å². The summed E-state index contributed by atoms with van der Waals surface area (Å²) in [7, 11) is 1.57. The van der Waals surface area contributed by atoms with Crippen molar-refractivity contribution in [3.63, 3.8) is 0 Å². The second-order valence-electron chi connectivity index (χ2n) is 6.10. The predicted octanol–water partition coefficient (Wildman–Crippen LogP) is 3.14. The number of nitrogens with zero attached hydrogens (tertiary/aromatic N) is 1. The summed E-state index contributed by atoms with van der Waals surface area (Å²) in [5.41, 5.74) is 1.64. The Kier molecular flexibility index (Phi) is 6.73. The van der Waals surface area contributed by atoms with Gasteiger partial charge in [-0.1, -0.05) is 6.07 Å². The molecule has 0 spiro atoms. The molecule has 30 heavy (non-hydrogen) atoms. The van der Waals surface area contributed by atoms with E-state index in [1.807, 2.05) is 0 Å². The Morgan fingerprint density at radius 3 is 2.17 bits per heavy atom. The minimum atomic E-state index is -0.684. The van der Waals surface area contributed by atoms with Gasteiger partial charge in [0.05, 0.1) is 7.11 Å². The molecule has 2 N–H and O–H groups in total. The Hall–Kier alpha value is -4.20. The molecule has 0 fully saturated rings. The van der Waals surface area contributed by atoms with Crippen LogP contribution in [0.4, 0.5) is 11.4 Å². The Balaban J connectivity index is 1.50. The van der Waals surface area contributed by atoms with Crippen molar-refractivity contribution in [2.24, 2.45) is 0 Å². The summed E-state index contributed by atoms with van der Waals surface area (Å²) in [4.78, 5) is 39.9. The lowest BCUT2D eigenvalue weighted by Crippen LogP contribution is -2.21. The van der Waals surface area contributed by atoms with E-state index in [0.29, 0.717) is 22.7 Å². The lowest BCUT2D eigenvalue weighted by Gasteiger charge is -2.08. The second kappa shape index (κ2) is 9.83. The van der Waals surface area contributed by atoms with Crippen molar-refractivity contribution in [1.82, 2.24) is 4.98 Å². The van der Waals surface area contributed by atoms with E-state index in [1.54, 1.807) is 67.8 Å². The summed E-state index contributed by atoms with van der Waals surface area (Å²) >= 11 is 0. The molecule has 0 radical (unpaired) electrons. The van der Waals surface area contributed by atoms with Gasteiger partial charge in [-0.15, -0.1) is 0 Å². The molecule has 8 nitrogen and oxygen atoms in total. The van der Waals surface area contributed by atoms with Gasteiger partial charge in [-0.25, -0.2) is 9.78 Å². The number of anilines is 2. The van der Waals surface area contributed by atoms with E-state index in [1.165, 1.54) is 12.3 Å². The number of amides is 2. The molecule has 8 heteroatoms. The third kappa shape index (κ3) is 5.65. The second-order valence-corrected chi connectivity index (χ2v) is 6.10. The molecule has 1 aromatic heterocycles. The third-order valence-corrected chi connectivity index (χ3v) is 3.99. The van der Waals surface area contributed by atoms with Crippen LogP contribution in [0.15, 0.2) is 72.9 Å². The first-order valence-corrected chi connectivity index (χ1v) is 8.98. The highest BCUT2D eigenvalue weighted by Crippen LogP contribution is 2.17. The highest BCUT2D eigenvalue weighted by molar-refractivity contribution is 6.04. The van der Waals surface area contributed by atoms with Gasteiger partial charge < -0.3 is 20.1 Å². The number of nitrogens with one attached hydrogen (secondary N) is 2. The van der Waals surface area contributed by atoms with Crippen LogP contribution in [0.5, 0.6) is 5.75 Å². The predicted molar refractivity (Wildman–Crippen MR) is 111 cm³/mol. The maximum atomic E-state index is 12.3. The number of methoxy groups -OCH3 is 1. The summed E-state index contributed by atoms with van der Waals surface area (Å²) in [6, 6.07) is 18.1. The Morgan fingerprint density at radius 1 is 0.867 bits per heavy atom. The molecule has 0 aliphatic carbocycles. The normalized spacial score (nSPS) is 10.0. The smallest absolute Gasteiger partial charge is 0.357 e. The molecule has 1 heterocycles. The van der Waals surface area contributed by atoms with Gasteiger partial charge in [0.1, 0.15) is 11.4 Å². The molecule has 0 aliphatic heterocycles. The molecule has 2 amide bonds. The van der Waals surface area contributed by atoms with E-state index in [0.717, 1.165) is 0 Å². The Bertz CT molecular complexity index is 1020. The molecule has 152 valence electrons. The van der Waals surface area contributed by atoms with Crippen LogP contribution in [0, 0.1) is 0 Å². The average Bonchev–Trinajstić information content (AvgIpc) is 2.79. The fourth-order valence-corrected chi connectivity index (χ4v) is 2.47. The number of aromatic nitrogens is 1. The summed E-state index contributed by atoms with van der Waals surface area (Å²) < 4.78 is 10.00. The highest BCUT2D eigenvalue weighted by Gasteiger charge is 2.12.